The van der Waals surface area contributed by atoms with E-state index in [9.17, 15) is 9.90 Å². The zero-order valence-electron chi connectivity index (χ0n) is 13.0. The summed E-state index contributed by atoms with van der Waals surface area (Å²) in [4.78, 5) is 12.1. The molecule has 2 aromatic rings. The van der Waals surface area contributed by atoms with Crippen LogP contribution in [0, 0.1) is 18.3 Å². The Kier molecular flexibility index (Phi) is 5.83. The number of carbonyl (C=O) groups excluding carboxylic acids is 1. The molecule has 0 aliphatic carbocycles. The van der Waals surface area contributed by atoms with Crippen LogP contribution in [0.4, 0.5) is 5.69 Å². The van der Waals surface area contributed by atoms with Gasteiger partial charge in [0, 0.05) is 17.8 Å². The normalized spacial score (nSPS) is 10.8. The summed E-state index contributed by atoms with van der Waals surface area (Å²) in [5, 5.41) is 24.9. The van der Waals surface area contributed by atoms with E-state index in [4.69, 9.17) is 16.9 Å². The van der Waals surface area contributed by atoms with Gasteiger partial charge in [-0.25, -0.2) is 0 Å². The predicted octanol–water partition coefficient (Wildman–Crippen LogP) is 3.49. The predicted molar refractivity (Wildman–Crippen MR) is 93.5 cm³/mol. The van der Waals surface area contributed by atoms with E-state index in [1.54, 1.807) is 36.4 Å². The van der Waals surface area contributed by atoms with Crippen LogP contribution in [0.15, 0.2) is 54.2 Å². The minimum absolute atomic E-state index is 0.0417. The summed E-state index contributed by atoms with van der Waals surface area (Å²) in [6.07, 6.45) is 1.26. The Bertz CT molecular complexity index is 825. The van der Waals surface area contributed by atoms with Gasteiger partial charge in [-0.3, -0.25) is 4.79 Å². The molecule has 6 heteroatoms. The lowest BCUT2D eigenvalue weighted by Gasteiger charge is -2.08. The maximum absolute atomic E-state index is 12.1. The minimum Gasteiger partial charge on any atom is -0.506 e. The second-order valence-electron chi connectivity index (χ2n) is 5.11. The largest absolute Gasteiger partial charge is 0.506 e. The van der Waals surface area contributed by atoms with E-state index >= 15 is 0 Å². The van der Waals surface area contributed by atoms with Gasteiger partial charge in [0.1, 0.15) is 17.4 Å². The Labute approximate surface area is 145 Å². The maximum Gasteiger partial charge on any atom is 0.263 e. The highest BCUT2D eigenvalue weighted by atomic mass is 35.5. The van der Waals surface area contributed by atoms with Gasteiger partial charge in [0.15, 0.2) is 0 Å². The number of aromatic hydroxyl groups is 1. The number of nitrogens with zero attached hydrogens (tertiary/aromatic N) is 1. The highest BCUT2D eigenvalue weighted by Gasteiger charge is 2.10. The van der Waals surface area contributed by atoms with Crippen LogP contribution in [0.5, 0.6) is 5.75 Å². The number of benzene rings is 2. The lowest BCUT2D eigenvalue weighted by atomic mass is 10.2. The van der Waals surface area contributed by atoms with E-state index in [1.807, 2.05) is 19.1 Å². The zero-order valence-corrected chi connectivity index (χ0v) is 13.8. The standard InChI is InChI=1S/C18H16ClN3O2/c1-12-6-7-16(17(23)8-12)21-11-14(9-20)18(24)22-10-13-4-2-3-5-15(13)19/h2-8,11,21,23H,10H2,1H3,(H,22,24)/b14-11-. The SMILES string of the molecule is Cc1ccc(N/C=C(/C#N)C(=O)NCc2ccccc2Cl)c(O)c1. The van der Waals surface area contributed by atoms with Crippen molar-refractivity contribution in [3.8, 4) is 11.8 Å². The van der Waals surface area contributed by atoms with E-state index in [0.717, 1.165) is 11.1 Å². The summed E-state index contributed by atoms with van der Waals surface area (Å²) < 4.78 is 0. The summed E-state index contributed by atoms with van der Waals surface area (Å²) >= 11 is 6.02. The fourth-order valence-electron chi connectivity index (χ4n) is 1.97. The average Bonchev–Trinajstić information content (AvgIpc) is 2.56. The molecule has 0 saturated carbocycles. The topological polar surface area (TPSA) is 85.2 Å². The maximum atomic E-state index is 12.1. The van der Waals surface area contributed by atoms with E-state index in [0.29, 0.717) is 10.7 Å². The molecule has 0 bridgehead atoms. The fraction of sp³-hybridized carbons (Fsp3) is 0.111. The van der Waals surface area contributed by atoms with E-state index in [2.05, 4.69) is 10.6 Å². The highest BCUT2D eigenvalue weighted by molar-refractivity contribution is 6.31. The Balaban J connectivity index is 2.03. The van der Waals surface area contributed by atoms with Crippen LogP contribution in [-0.4, -0.2) is 11.0 Å². The third-order valence-corrected chi connectivity index (χ3v) is 3.66. The van der Waals surface area contributed by atoms with Crippen molar-refractivity contribution in [1.29, 1.82) is 5.26 Å². The number of hydrogen-bond donors (Lipinski definition) is 3. The van der Waals surface area contributed by atoms with Crippen LogP contribution in [0.1, 0.15) is 11.1 Å². The van der Waals surface area contributed by atoms with Crippen molar-refractivity contribution >= 4 is 23.2 Å². The monoisotopic (exact) mass is 341 g/mol. The molecule has 3 N–H and O–H groups in total. The van der Waals surface area contributed by atoms with Crippen molar-refractivity contribution in [2.45, 2.75) is 13.5 Å². The Morgan fingerprint density at radius 3 is 2.75 bits per heavy atom. The van der Waals surface area contributed by atoms with Gasteiger partial charge < -0.3 is 15.7 Å². The first-order chi connectivity index (χ1) is 11.5. The van der Waals surface area contributed by atoms with Crippen molar-refractivity contribution in [3.63, 3.8) is 0 Å². The van der Waals surface area contributed by atoms with Gasteiger partial charge >= 0.3 is 0 Å². The molecule has 2 aromatic carbocycles. The van der Waals surface area contributed by atoms with E-state index in [-0.39, 0.29) is 17.9 Å². The summed E-state index contributed by atoms with van der Waals surface area (Å²) in [6.45, 7) is 2.06. The van der Waals surface area contributed by atoms with Crippen molar-refractivity contribution in [2.24, 2.45) is 0 Å². The molecule has 24 heavy (non-hydrogen) atoms. The number of hydrogen-bond acceptors (Lipinski definition) is 4. The quantitative estimate of drug-likeness (QED) is 0.441. The molecule has 1 amide bonds. The molecule has 2 rings (SSSR count). The summed E-state index contributed by atoms with van der Waals surface area (Å²) in [6, 6.07) is 14.0. The molecule has 0 spiro atoms. The number of rotatable bonds is 5. The number of aryl methyl sites for hydroxylation is 1. The lowest BCUT2D eigenvalue weighted by molar-refractivity contribution is -0.117. The van der Waals surface area contributed by atoms with Crippen LogP contribution in [-0.2, 0) is 11.3 Å². The first-order valence-electron chi connectivity index (χ1n) is 7.19. The molecule has 5 nitrogen and oxygen atoms in total. The molecule has 0 aromatic heterocycles. The average molecular weight is 342 g/mol. The Hall–Kier alpha value is -2.97. The third-order valence-electron chi connectivity index (χ3n) is 3.29. The van der Waals surface area contributed by atoms with Crippen LogP contribution in [0.2, 0.25) is 5.02 Å². The van der Waals surface area contributed by atoms with Crippen molar-refractivity contribution < 1.29 is 9.90 Å². The smallest absolute Gasteiger partial charge is 0.263 e. The second-order valence-corrected chi connectivity index (χ2v) is 5.52. The third kappa shape index (κ3) is 4.51. The molecule has 0 aliphatic rings. The zero-order chi connectivity index (χ0) is 17.5. The summed E-state index contributed by atoms with van der Waals surface area (Å²) in [5.41, 5.74) is 1.96. The van der Waals surface area contributed by atoms with Crippen LogP contribution in [0.25, 0.3) is 0 Å². The highest BCUT2D eigenvalue weighted by Crippen LogP contribution is 2.24. The number of anilines is 1. The number of nitrogens with one attached hydrogen (secondary N) is 2. The number of nitriles is 1. The lowest BCUT2D eigenvalue weighted by Crippen LogP contribution is -2.24. The minimum atomic E-state index is -0.531. The Morgan fingerprint density at radius 2 is 2.08 bits per heavy atom. The molecule has 122 valence electrons. The van der Waals surface area contributed by atoms with Gasteiger partial charge in [0.25, 0.3) is 5.91 Å². The van der Waals surface area contributed by atoms with Gasteiger partial charge in [0.2, 0.25) is 0 Å². The number of carbonyl (C=O) groups is 1. The van der Waals surface area contributed by atoms with E-state index < -0.39 is 5.91 Å². The summed E-state index contributed by atoms with van der Waals surface area (Å²) in [7, 11) is 0. The number of phenols is 1. The van der Waals surface area contributed by atoms with Gasteiger partial charge in [-0.15, -0.1) is 0 Å². The van der Waals surface area contributed by atoms with Crippen LogP contribution >= 0.6 is 11.6 Å². The van der Waals surface area contributed by atoms with Gasteiger partial charge in [-0.2, -0.15) is 5.26 Å². The van der Waals surface area contributed by atoms with Crippen molar-refractivity contribution in [2.75, 3.05) is 5.32 Å². The Morgan fingerprint density at radius 1 is 1.33 bits per heavy atom. The van der Waals surface area contributed by atoms with Crippen LogP contribution < -0.4 is 10.6 Å². The number of halogens is 1. The molecular weight excluding hydrogens is 326 g/mol. The van der Waals surface area contributed by atoms with Crippen molar-refractivity contribution in [1.82, 2.24) is 5.32 Å². The molecule has 0 saturated heterocycles. The van der Waals surface area contributed by atoms with Gasteiger partial charge in [-0.1, -0.05) is 35.9 Å². The van der Waals surface area contributed by atoms with Crippen LogP contribution in [0.3, 0.4) is 0 Å². The van der Waals surface area contributed by atoms with Gasteiger partial charge in [-0.05, 0) is 36.2 Å². The number of phenolic OH excluding ortho intramolecular Hbond substituents is 1. The molecule has 0 heterocycles. The second kappa shape index (κ2) is 8.04. The number of amides is 1. The summed E-state index contributed by atoms with van der Waals surface area (Å²) in [5.74, 6) is -0.489. The molecule has 0 atom stereocenters. The van der Waals surface area contributed by atoms with E-state index in [1.165, 1.54) is 6.20 Å². The first-order valence-corrected chi connectivity index (χ1v) is 7.57. The molecule has 0 unspecified atom stereocenters. The first kappa shape index (κ1) is 17.4. The molecule has 0 aliphatic heterocycles. The molecule has 0 radical (unpaired) electrons. The van der Waals surface area contributed by atoms with Crippen molar-refractivity contribution in [3.05, 3.63) is 70.4 Å². The fourth-order valence-corrected chi connectivity index (χ4v) is 2.18. The molecular formula is C18H16ClN3O2. The van der Waals surface area contributed by atoms with Gasteiger partial charge in [0.05, 0.1) is 5.69 Å². The molecule has 0 fully saturated rings.